The van der Waals surface area contributed by atoms with Gasteiger partial charge in [0.2, 0.25) is 0 Å². The molecule has 0 saturated carbocycles. The molecule has 3 saturated heterocycles. The van der Waals surface area contributed by atoms with E-state index in [9.17, 15) is 26.3 Å². The number of aromatic nitrogens is 1. The zero-order valence-corrected chi connectivity index (χ0v) is 23.0. The van der Waals surface area contributed by atoms with Crippen LogP contribution in [0.4, 0.5) is 32.0 Å². The topological polar surface area (TPSA) is 63.4 Å². The van der Waals surface area contributed by atoms with Crippen LogP contribution >= 0.6 is 12.2 Å². The van der Waals surface area contributed by atoms with Crippen molar-refractivity contribution in [2.45, 2.75) is 37.7 Å². The van der Waals surface area contributed by atoms with E-state index in [2.05, 4.69) is 53.0 Å². The number of thiocarbonyl (C=S) groups is 1. The molecule has 3 fully saturated rings. The summed E-state index contributed by atoms with van der Waals surface area (Å²) in [5.74, 6) is 2.42. The normalized spacial score (nSPS) is 22.0. The van der Waals surface area contributed by atoms with E-state index in [4.69, 9.17) is 10.5 Å². The Bertz CT molecular complexity index is 1380. The molecule has 2 aromatic carbocycles. The van der Waals surface area contributed by atoms with Crippen LogP contribution in [0, 0.1) is 11.8 Å². The van der Waals surface area contributed by atoms with E-state index in [-0.39, 0.29) is 6.07 Å². The lowest BCUT2D eigenvalue weighted by Crippen LogP contribution is -2.53. The van der Waals surface area contributed by atoms with Crippen LogP contribution in [0.5, 0.6) is 5.75 Å². The first kappa shape index (κ1) is 30.6. The summed E-state index contributed by atoms with van der Waals surface area (Å²) in [6.07, 6.45) is -1.95. The molecule has 3 aromatic rings. The predicted octanol–water partition coefficient (Wildman–Crippen LogP) is 7.06. The standard InChI is InChI=1S/C20H24N2O.C9H6F6N2S/c1-3-14-13-22-9-7-15(14)10-17(22)11-16-6-8-21-20-5-4-18(23-2)12-19(16)20;10-8(11,12)4-1-5(9(13,14)15)3-6(2-4)17-7(16)18/h3-6,8,12,14-15,17H,1,7,9-11,13H2,2H3;1-3H,(H3,16,17,18). The van der Waals surface area contributed by atoms with Gasteiger partial charge in [-0.05, 0) is 97.9 Å². The van der Waals surface area contributed by atoms with Gasteiger partial charge in [-0.1, -0.05) is 6.08 Å². The Hall–Kier alpha value is -3.38. The van der Waals surface area contributed by atoms with Gasteiger partial charge in [-0.3, -0.25) is 9.88 Å². The lowest BCUT2D eigenvalue weighted by Gasteiger charge is -2.49. The lowest BCUT2D eigenvalue weighted by molar-refractivity contribution is -0.143. The molecule has 0 aliphatic carbocycles. The summed E-state index contributed by atoms with van der Waals surface area (Å²) in [6, 6.07) is 10.0. The minimum atomic E-state index is -4.89. The summed E-state index contributed by atoms with van der Waals surface area (Å²) in [7, 11) is 1.72. The largest absolute Gasteiger partial charge is 0.497 e. The first-order valence-corrected chi connectivity index (χ1v) is 13.3. The van der Waals surface area contributed by atoms with Gasteiger partial charge in [-0.2, -0.15) is 26.3 Å². The van der Waals surface area contributed by atoms with Crippen molar-refractivity contribution in [1.82, 2.24) is 9.88 Å². The van der Waals surface area contributed by atoms with Crippen molar-refractivity contribution >= 4 is 33.9 Å². The van der Waals surface area contributed by atoms with Gasteiger partial charge in [0, 0.05) is 29.9 Å². The Balaban J connectivity index is 0.000000196. The van der Waals surface area contributed by atoms with Crippen LogP contribution < -0.4 is 15.8 Å². The second-order valence-corrected chi connectivity index (χ2v) is 10.6. The molecule has 3 aliphatic heterocycles. The molecule has 41 heavy (non-hydrogen) atoms. The Kier molecular flexibility index (Phi) is 9.13. The van der Waals surface area contributed by atoms with Gasteiger partial charge in [0.25, 0.3) is 0 Å². The van der Waals surface area contributed by atoms with Crippen molar-refractivity contribution < 1.29 is 31.1 Å². The van der Waals surface area contributed by atoms with E-state index in [1.54, 1.807) is 7.11 Å². The maximum atomic E-state index is 12.4. The van der Waals surface area contributed by atoms with E-state index in [0.29, 0.717) is 24.1 Å². The highest BCUT2D eigenvalue weighted by atomic mass is 32.1. The highest BCUT2D eigenvalue weighted by molar-refractivity contribution is 7.80. The number of methoxy groups -OCH3 is 1. The third-order valence-electron chi connectivity index (χ3n) is 7.58. The summed E-state index contributed by atoms with van der Waals surface area (Å²) < 4.78 is 79.9. The number of fused-ring (bicyclic) bond motifs is 4. The molecule has 2 bridgehead atoms. The molecule has 4 atom stereocenters. The third kappa shape index (κ3) is 7.48. The fraction of sp³-hybridized carbons (Fsp3) is 0.379. The molecule has 6 rings (SSSR count). The Labute approximate surface area is 239 Å². The summed E-state index contributed by atoms with van der Waals surface area (Å²) >= 11 is 4.36. The summed E-state index contributed by atoms with van der Waals surface area (Å²) in [5.41, 5.74) is 4.11. The van der Waals surface area contributed by atoms with Crippen LogP contribution in [-0.4, -0.2) is 41.2 Å². The Morgan fingerprint density at radius 1 is 1.12 bits per heavy atom. The number of rotatable bonds is 5. The maximum Gasteiger partial charge on any atom is 0.416 e. The molecule has 4 unspecified atom stereocenters. The number of nitrogens with zero attached hydrogens (tertiary/aromatic N) is 2. The number of hydrogen-bond acceptors (Lipinski definition) is 4. The van der Waals surface area contributed by atoms with Crippen molar-refractivity contribution in [3.63, 3.8) is 0 Å². The lowest BCUT2D eigenvalue weighted by atomic mass is 9.74. The van der Waals surface area contributed by atoms with Crippen LogP contribution in [-0.2, 0) is 18.8 Å². The van der Waals surface area contributed by atoms with Gasteiger partial charge in [-0.15, -0.1) is 6.58 Å². The first-order chi connectivity index (χ1) is 19.3. The minimum Gasteiger partial charge on any atom is -0.497 e. The first-order valence-electron chi connectivity index (χ1n) is 12.9. The van der Waals surface area contributed by atoms with Crippen LogP contribution in [0.1, 0.15) is 29.5 Å². The monoisotopic (exact) mass is 596 g/mol. The van der Waals surface area contributed by atoms with E-state index in [0.717, 1.165) is 23.6 Å². The van der Waals surface area contributed by atoms with Gasteiger partial charge < -0.3 is 15.8 Å². The molecule has 1 aromatic heterocycles. The minimum absolute atomic E-state index is 0.0186. The van der Waals surface area contributed by atoms with Crippen molar-refractivity contribution in [2.75, 3.05) is 25.5 Å². The van der Waals surface area contributed by atoms with Gasteiger partial charge >= 0.3 is 12.4 Å². The number of nitrogens with two attached hydrogens (primary N) is 1. The predicted molar refractivity (Wildman–Crippen MR) is 151 cm³/mol. The van der Waals surface area contributed by atoms with E-state index >= 15 is 0 Å². The third-order valence-corrected chi connectivity index (χ3v) is 7.68. The van der Waals surface area contributed by atoms with E-state index in [1.165, 1.54) is 36.9 Å². The fourth-order valence-corrected chi connectivity index (χ4v) is 5.69. The molecule has 0 amide bonds. The zero-order chi connectivity index (χ0) is 29.9. The molecule has 0 spiro atoms. The maximum absolute atomic E-state index is 12.4. The Morgan fingerprint density at radius 3 is 2.34 bits per heavy atom. The van der Waals surface area contributed by atoms with Crippen molar-refractivity contribution in [3.05, 3.63) is 78.0 Å². The Morgan fingerprint density at radius 2 is 1.80 bits per heavy atom. The SMILES string of the molecule is C=CC1CN2CCC1CC2Cc1ccnc2ccc(OC)cc12.NC(=S)Nc1cc(C(F)(F)F)cc(C(F)(F)F)c1. The summed E-state index contributed by atoms with van der Waals surface area (Å²) in [4.78, 5) is 7.17. The zero-order valence-electron chi connectivity index (χ0n) is 22.2. The number of halogens is 6. The second kappa shape index (κ2) is 12.2. The molecule has 0 radical (unpaired) electrons. The number of anilines is 1. The van der Waals surface area contributed by atoms with E-state index < -0.39 is 34.3 Å². The van der Waals surface area contributed by atoms with Gasteiger partial charge in [-0.25, -0.2) is 0 Å². The van der Waals surface area contributed by atoms with Crippen LogP contribution in [0.25, 0.3) is 10.9 Å². The number of benzene rings is 2. The average molecular weight is 597 g/mol. The summed E-state index contributed by atoms with van der Waals surface area (Å²) in [6.45, 7) is 6.45. The highest BCUT2D eigenvalue weighted by Gasteiger charge is 2.39. The van der Waals surface area contributed by atoms with Gasteiger partial charge in [0.15, 0.2) is 5.11 Å². The molecular weight excluding hydrogens is 566 g/mol. The number of nitrogens with one attached hydrogen (secondary N) is 1. The van der Waals surface area contributed by atoms with Crippen LogP contribution in [0.2, 0.25) is 0 Å². The van der Waals surface area contributed by atoms with Gasteiger partial charge in [0.1, 0.15) is 5.75 Å². The van der Waals surface area contributed by atoms with Crippen LogP contribution in [0.3, 0.4) is 0 Å². The van der Waals surface area contributed by atoms with Gasteiger partial charge in [0.05, 0.1) is 23.8 Å². The number of alkyl halides is 6. The van der Waals surface area contributed by atoms with Crippen molar-refractivity contribution in [1.29, 1.82) is 0 Å². The summed E-state index contributed by atoms with van der Waals surface area (Å²) in [5, 5.41) is 2.84. The van der Waals surface area contributed by atoms with Crippen LogP contribution in [0.15, 0.2) is 61.3 Å². The molecule has 3 aliphatic rings. The number of hydrogen-bond donors (Lipinski definition) is 2. The molecular formula is C29H30F6N4OS. The number of pyridine rings is 1. The second-order valence-electron chi connectivity index (χ2n) is 10.2. The van der Waals surface area contributed by atoms with E-state index in [1.807, 2.05) is 17.6 Å². The highest BCUT2D eigenvalue weighted by Crippen LogP contribution is 2.39. The quantitative estimate of drug-likeness (QED) is 0.187. The molecule has 220 valence electrons. The fourth-order valence-electron chi connectivity index (χ4n) is 5.57. The molecule has 4 heterocycles. The van der Waals surface area contributed by atoms with Crippen molar-refractivity contribution in [3.8, 4) is 5.75 Å². The molecule has 3 N–H and O–H groups in total. The molecule has 5 nitrogen and oxygen atoms in total. The number of ether oxygens (including phenoxy) is 1. The average Bonchev–Trinajstić information content (AvgIpc) is 2.92. The smallest absolute Gasteiger partial charge is 0.416 e. The van der Waals surface area contributed by atoms with Crippen molar-refractivity contribution in [2.24, 2.45) is 17.6 Å². The number of piperidine rings is 3. The molecule has 12 heteroatoms.